The highest BCUT2D eigenvalue weighted by molar-refractivity contribution is 5.79. The zero-order chi connectivity index (χ0) is 12.0. The zero-order valence-electron chi connectivity index (χ0n) is 10.5. The Morgan fingerprint density at radius 3 is 2.88 bits per heavy atom. The first-order valence-corrected chi connectivity index (χ1v) is 6.39. The molecular formula is C12H25N3O. The quantitative estimate of drug-likeness (QED) is 0.703. The number of carbonyl (C=O) groups excluding carboxylic acids is 1. The Kier molecular flexibility index (Phi) is 5.77. The Hall–Kier alpha value is -0.610. The average Bonchev–Trinajstić information content (AvgIpc) is 2.30. The van der Waals surface area contributed by atoms with E-state index in [1.165, 1.54) is 32.2 Å². The van der Waals surface area contributed by atoms with Gasteiger partial charge in [-0.2, -0.15) is 0 Å². The number of likely N-dealkylation sites (N-methyl/N-ethyl adjacent to an activating group) is 1. The maximum atomic E-state index is 11.1. The van der Waals surface area contributed by atoms with Crippen LogP contribution in [-0.2, 0) is 4.79 Å². The lowest BCUT2D eigenvalue weighted by molar-refractivity contribution is -0.120. The van der Waals surface area contributed by atoms with Gasteiger partial charge >= 0.3 is 0 Å². The maximum Gasteiger partial charge on any atom is 0.234 e. The van der Waals surface area contributed by atoms with Crippen molar-refractivity contribution in [2.45, 2.75) is 51.1 Å². The molecule has 16 heavy (non-hydrogen) atoms. The van der Waals surface area contributed by atoms with Gasteiger partial charge < -0.3 is 16.0 Å². The lowest BCUT2D eigenvalue weighted by Gasteiger charge is -2.35. The molecule has 1 heterocycles. The van der Waals surface area contributed by atoms with E-state index < -0.39 is 0 Å². The molecule has 0 aliphatic carbocycles. The molecule has 0 saturated carbocycles. The van der Waals surface area contributed by atoms with Crippen molar-refractivity contribution in [3.63, 3.8) is 0 Å². The molecule has 0 bridgehead atoms. The van der Waals surface area contributed by atoms with E-state index >= 15 is 0 Å². The van der Waals surface area contributed by atoms with Gasteiger partial charge in [-0.15, -0.1) is 0 Å². The van der Waals surface area contributed by atoms with Gasteiger partial charge in [0.25, 0.3) is 0 Å². The molecule has 0 spiro atoms. The monoisotopic (exact) mass is 227 g/mol. The zero-order valence-corrected chi connectivity index (χ0v) is 10.5. The highest BCUT2D eigenvalue weighted by atomic mass is 16.1. The molecule has 1 aliphatic rings. The van der Waals surface area contributed by atoms with Crippen molar-refractivity contribution in [1.82, 2.24) is 10.2 Å². The van der Waals surface area contributed by atoms with Crippen LogP contribution in [-0.4, -0.2) is 43.0 Å². The van der Waals surface area contributed by atoms with Crippen LogP contribution in [0.15, 0.2) is 0 Å². The van der Waals surface area contributed by atoms with Crippen molar-refractivity contribution in [3.8, 4) is 0 Å². The van der Waals surface area contributed by atoms with Crippen LogP contribution in [0.2, 0.25) is 0 Å². The number of amides is 1. The summed E-state index contributed by atoms with van der Waals surface area (Å²) in [5, 5.41) is 2.97. The summed E-state index contributed by atoms with van der Waals surface area (Å²) < 4.78 is 0. The van der Waals surface area contributed by atoms with Gasteiger partial charge in [0.1, 0.15) is 0 Å². The fourth-order valence-corrected chi connectivity index (χ4v) is 2.54. The summed E-state index contributed by atoms with van der Waals surface area (Å²) in [6.45, 7) is 4.40. The lowest BCUT2D eigenvalue weighted by Crippen LogP contribution is -2.45. The minimum Gasteiger partial charge on any atom is -0.368 e. The Bertz CT molecular complexity index is 220. The Morgan fingerprint density at radius 1 is 1.56 bits per heavy atom. The smallest absolute Gasteiger partial charge is 0.234 e. The van der Waals surface area contributed by atoms with E-state index in [-0.39, 0.29) is 11.9 Å². The van der Waals surface area contributed by atoms with E-state index in [1.807, 2.05) is 0 Å². The van der Waals surface area contributed by atoms with Gasteiger partial charge in [-0.05, 0) is 39.3 Å². The van der Waals surface area contributed by atoms with Gasteiger partial charge in [0.05, 0.1) is 6.04 Å². The summed E-state index contributed by atoms with van der Waals surface area (Å²) in [7, 11) is 1.79. The average molecular weight is 227 g/mol. The number of nitrogens with one attached hydrogen (secondary N) is 1. The molecule has 1 fully saturated rings. The van der Waals surface area contributed by atoms with Gasteiger partial charge in [-0.3, -0.25) is 4.79 Å². The third-order valence-electron chi connectivity index (χ3n) is 3.62. The molecule has 4 heteroatoms. The summed E-state index contributed by atoms with van der Waals surface area (Å²) in [4.78, 5) is 13.6. The van der Waals surface area contributed by atoms with Gasteiger partial charge in [-0.1, -0.05) is 13.3 Å². The first-order chi connectivity index (χ1) is 7.69. The van der Waals surface area contributed by atoms with Crippen molar-refractivity contribution < 1.29 is 4.79 Å². The lowest BCUT2D eigenvalue weighted by atomic mass is 9.99. The molecule has 0 radical (unpaired) electrons. The van der Waals surface area contributed by atoms with E-state index in [1.54, 1.807) is 7.05 Å². The number of primary amides is 1. The standard InChI is InChI=1S/C12H25N3O/c1-3-10-6-4-5-8-15(10)9-7-11(14-2)12(13)16/h10-11,14H,3-9H2,1-2H3,(H2,13,16). The van der Waals surface area contributed by atoms with E-state index in [0.29, 0.717) is 6.04 Å². The number of piperidine rings is 1. The second kappa shape index (κ2) is 6.86. The molecule has 1 saturated heterocycles. The van der Waals surface area contributed by atoms with E-state index in [4.69, 9.17) is 5.73 Å². The first-order valence-electron chi connectivity index (χ1n) is 6.39. The molecule has 2 atom stereocenters. The highest BCUT2D eigenvalue weighted by Crippen LogP contribution is 2.19. The number of nitrogens with two attached hydrogens (primary N) is 1. The number of hydrogen-bond acceptors (Lipinski definition) is 3. The van der Waals surface area contributed by atoms with Crippen LogP contribution < -0.4 is 11.1 Å². The molecule has 1 aliphatic heterocycles. The fraction of sp³-hybridized carbons (Fsp3) is 0.917. The molecule has 0 aromatic carbocycles. The number of likely N-dealkylation sites (tertiary alicyclic amines) is 1. The number of rotatable bonds is 6. The number of nitrogens with zero attached hydrogens (tertiary/aromatic N) is 1. The third kappa shape index (κ3) is 3.76. The van der Waals surface area contributed by atoms with Gasteiger partial charge in [0.15, 0.2) is 0 Å². The molecular weight excluding hydrogens is 202 g/mol. The second-order valence-corrected chi connectivity index (χ2v) is 4.63. The van der Waals surface area contributed by atoms with Crippen molar-refractivity contribution in [2.75, 3.05) is 20.1 Å². The first kappa shape index (κ1) is 13.5. The summed E-state index contributed by atoms with van der Waals surface area (Å²) in [6.07, 6.45) is 5.97. The number of hydrogen-bond donors (Lipinski definition) is 2. The predicted octanol–water partition coefficient (Wildman–Crippen LogP) is 0.714. The van der Waals surface area contributed by atoms with Crippen LogP contribution in [0, 0.1) is 0 Å². The largest absolute Gasteiger partial charge is 0.368 e. The molecule has 4 nitrogen and oxygen atoms in total. The molecule has 0 aromatic heterocycles. The van der Waals surface area contributed by atoms with Crippen LogP contribution in [0.5, 0.6) is 0 Å². The maximum absolute atomic E-state index is 11.1. The van der Waals surface area contributed by atoms with Crippen LogP contribution in [0.25, 0.3) is 0 Å². The van der Waals surface area contributed by atoms with Crippen molar-refractivity contribution in [2.24, 2.45) is 5.73 Å². The van der Waals surface area contributed by atoms with E-state index in [0.717, 1.165) is 13.0 Å². The Labute approximate surface area is 98.6 Å². The summed E-state index contributed by atoms with van der Waals surface area (Å²) >= 11 is 0. The molecule has 1 amide bonds. The third-order valence-corrected chi connectivity index (χ3v) is 3.62. The Morgan fingerprint density at radius 2 is 2.31 bits per heavy atom. The summed E-state index contributed by atoms with van der Waals surface area (Å²) in [5.41, 5.74) is 5.31. The van der Waals surface area contributed by atoms with Crippen molar-refractivity contribution in [3.05, 3.63) is 0 Å². The Balaban J connectivity index is 2.36. The predicted molar refractivity (Wildman–Crippen MR) is 66.2 cm³/mol. The van der Waals surface area contributed by atoms with Gasteiger partial charge in [-0.25, -0.2) is 0 Å². The normalized spacial score (nSPS) is 24.2. The molecule has 3 N–H and O–H groups in total. The molecule has 2 unspecified atom stereocenters. The molecule has 1 rings (SSSR count). The summed E-state index contributed by atoms with van der Waals surface area (Å²) in [6, 6.07) is 0.526. The minimum atomic E-state index is -0.243. The van der Waals surface area contributed by atoms with Crippen molar-refractivity contribution in [1.29, 1.82) is 0 Å². The van der Waals surface area contributed by atoms with Crippen LogP contribution in [0.1, 0.15) is 39.0 Å². The van der Waals surface area contributed by atoms with Crippen LogP contribution in [0.3, 0.4) is 0 Å². The summed E-state index contributed by atoms with van der Waals surface area (Å²) in [5.74, 6) is -0.243. The SMILES string of the molecule is CCC1CCCCN1CCC(NC)C(N)=O. The second-order valence-electron chi connectivity index (χ2n) is 4.63. The number of carbonyl (C=O) groups is 1. The molecule has 0 aromatic rings. The highest BCUT2D eigenvalue weighted by Gasteiger charge is 2.22. The van der Waals surface area contributed by atoms with Crippen molar-refractivity contribution >= 4 is 5.91 Å². The van der Waals surface area contributed by atoms with Gasteiger partial charge in [0, 0.05) is 12.6 Å². The van der Waals surface area contributed by atoms with E-state index in [2.05, 4.69) is 17.1 Å². The molecule has 94 valence electrons. The fourth-order valence-electron chi connectivity index (χ4n) is 2.54. The van der Waals surface area contributed by atoms with Crippen LogP contribution in [0.4, 0.5) is 0 Å². The topological polar surface area (TPSA) is 58.4 Å². The van der Waals surface area contributed by atoms with Gasteiger partial charge in [0.2, 0.25) is 5.91 Å². The minimum absolute atomic E-state index is 0.181. The van der Waals surface area contributed by atoms with E-state index in [9.17, 15) is 4.79 Å². The van der Waals surface area contributed by atoms with Crippen LogP contribution >= 0.6 is 0 Å².